The summed E-state index contributed by atoms with van der Waals surface area (Å²) in [5.41, 5.74) is 9.96. The van der Waals surface area contributed by atoms with Gasteiger partial charge < -0.3 is 15.2 Å². The van der Waals surface area contributed by atoms with Crippen LogP contribution in [-0.2, 0) is 11.8 Å². The molecule has 1 saturated heterocycles. The lowest BCUT2D eigenvalue weighted by Gasteiger charge is -2.15. The summed E-state index contributed by atoms with van der Waals surface area (Å²) in [6.07, 6.45) is 5.51. The Morgan fingerprint density at radius 2 is 2.16 bits per heavy atom. The van der Waals surface area contributed by atoms with E-state index < -0.39 is 0 Å². The maximum absolute atomic E-state index is 12.0. The molecular formula is C23H20ClN7O. The van der Waals surface area contributed by atoms with E-state index in [2.05, 4.69) is 28.4 Å². The Morgan fingerprint density at radius 3 is 2.97 bits per heavy atom. The molecule has 4 heterocycles. The van der Waals surface area contributed by atoms with Crippen molar-refractivity contribution in [1.82, 2.24) is 29.2 Å². The van der Waals surface area contributed by atoms with Crippen LogP contribution in [0.1, 0.15) is 23.7 Å². The van der Waals surface area contributed by atoms with Crippen molar-refractivity contribution in [3.63, 3.8) is 0 Å². The minimum atomic E-state index is -0.0790. The molecule has 1 fully saturated rings. The van der Waals surface area contributed by atoms with Crippen molar-refractivity contribution in [3.05, 3.63) is 59.7 Å². The Hall–Kier alpha value is -3.83. The number of carbonyl (C=O) groups is 1. The fourth-order valence-electron chi connectivity index (χ4n) is 4.12. The van der Waals surface area contributed by atoms with Gasteiger partial charge in [0.2, 0.25) is 5.91 Å². The molecule has 0 spiro atoms. The maximum Gasteiger partial charge on any atom is 0.246 e. The summed E-state index contributed by atoms with van der Waals surface area (Å²) in [7, 11) is 1.92. The molecule has 5 rings (SSSR count). The minimum absolute atomic E-state index is 0.0206. The highest BCUT2D eigenvalue weighted by Gasteiger charge is 2.29. The summed E-state index contributed by atoms with van der Waals surface area (Å²) in [6, 6.07) is 5.60. The summed E-state index contributed by atoms with van der Waals surface area (Å²) in [5.74, 6) is 6.53. The number of anilines is 1. The number of benzene rings is 1. The Balaban J connectivity index is 1.57. The molecule has 1 aliphatic heterocycles. The summed E-state index contributed by atoms with van der Waals surface area (Å²) in [6.45, 7) is 4.78. The smallest absolute Gasteiger partial charge is 0.246 e. The number of rotatable bonds is 2. The monoisotopic (exact) mass is 445 g/mol. The quantitative estimate of drug-likeness (QED) is 0.378. The number of amides is 1. The Morgan fingerprint density at radius 1 is 1.31 bits per heavy atom. The van der Waals surface area contributed by atoms with Gasteiger partial charge in [0.05, 0.1) is 39.3 Å². The van der Waals surface area contributed by atoms with Crippen LogP contribution < -0.4 is 5.73 Å². The van der Waals surface area contributed by atoms with Crippen LogP contribution in [0.15, 0.2) is 43.4 Å². The lowest BCUT2D eigenvalue weighted by Crippen LogP contribution is -2.27. The average Bonchev–Trinajstić information content (AvgIpc) is 3.50. The van der Waals surface area contributed by atoms with Crippen LogP contribution in [0.2, 0.25) is 5.02 Å². The van der Waals surface area contributed by atoms with E-state index in [1.54, 1.807) is 17.4 Å². The third-order valence-electron chi connectivity index (χ3n) is 5.78. The molecule has 2 N–H and O–H groups in total. The van der Waals surface area contributed by atoms with Gasteiger partial charge in [-0.15, -0.1) is 0 Å². The Kier molecular flexibility index (Phi) is 4.83. The van der Waals surface area contributed by atoms with Crippen LogP contribution in [0.25, 0.3) is 21.9 Å². The maximum atomic E-state index is 12.0. The molecule has 3 aromatic heterocycles. The van der Waals surface area contributed by atoms with Gasteiger partial charge in [-0.25, -0.2) is 9.97 Å². The van der Waals surface area contributed by atoms with Crippen LogP contribution in [0.5, 0.6) is 0 Å². The molecule has 1 amide bonds. The molecule has 0 aliphatic carbocycles. The SMILES string of the molecule is C=CC(=O)N1CC[C@H](n2nc(C#Cc3cc4ncn(C)c4cc3Cl)c3c(N)nccc32)C1. The van der Waals surface area contributed by atoms with Crippen molar-refractivity contribution >= 4 is 45.3 Å². The molecule has 8 nitrogen and oxygen atoms in total. The van der Waals surface area contributed by atoms with Crippen molar-refractivity contribution in [2.45, 2.75) is 12.5 Å². The fraction of sp³-hybridized carbons (Fsp3) is 0.217. The molecule has 0 bridgehead atoms. The molecule has 4 aromatic rings. The summed E-state index contributed by atoms with van der Waals surface area (Å²) >= 11 is 6.46. The van der Waals surface area contributed by atoms with E-state index in [-0.39, 0.29) is 11.9 Å². The van der Waals surface area contributed by atoms with Crippen LogP contribution in [0.4, 0.5) is 5.82 Å². The first-order valence-electron chi connectivity index (χ1n) is 10.1. The number of nitrogens with zero attached hydrogens (tertiary/aromatic N) is 6. The number of pyridine rings is 1. The average molecular weight is 446 g/mol. The molecule has 1 atom stereocenters. The third kappa shape index (κ3) is 3.27. The number of aryl methyl sites for hydroxylation is 1. The number of hydrogen-bond donors (Lipinski definition) is 1. The van der Waals surface area contributed by atoms with Crippen LogP contribution in [-0.4, -0.2) is 48.2 Å². The van der Waals surface area contributed by atoms with Crippen molar-refractivity contribution in [1.29, 1.82) is 0 Å². The van der Waals surface area contributed by atoms with Gasteiger partial charge in [0.25, 0.3) is 0 Å². The Labute approximate surface area is 189 Å². The number of fused-ring (bicyclic) bond motifs is 2. The van der Waals surface area contributed by atoms with E-state index >= 15 is 0 Å². The van der Waals surface area contributed by atoms with E-state index in [9.17, 15) is 4.79 Å². The first-order valence-corrected chi connectivity index (χ1v) is 10.5. The highest BCUT2D eigenvalue weighted by atomic mass is 35.5. The Bertz CT molecular complexity index is 1460. The number of nitrogen functional groups attached to an aromatic ring is 1. The van der Waals surface area contributed by atoms with Gasteiger partial charge in [0.1, 0.15) is 11.5 Å². The second-order valence-corrected chi connectivity index (χ2v) is 8.15. The van der Waals surface area contributed by atoms with Crippen molar-refractivity contribution in [3.8, 4) is 11.8 Å². The second-order valence-electron chi connectivity index (χ2n) is 7.74. The van der Waals surface area contributed by atoms with E-state index in [0.29, 0.717) is 40.6 Å². The van der Waals surface area contributed by atoms with Crippen LogP contribution in [0.3, 0.4) is 0 Å². The third-order valence-corrected chi connectivity index (χ3v) is 6.09. The predicted molar refractivity (Wildman–Crippen MR) is 124 cm³/mol. The molecular weight excluding hydrogens is 426 g/mol. The molecule has 32 heavy (non-hydrogen) atoms. The van der Waals surface area contributed by atoms with Gasteiger partial charge in [-0.3, -0.25) is 9.48 Å². The first-order chi connectivity index (χ1) is 15.5. The number of nitrogens with two attached hydrogens (primary N) is 1. The standard InChI is InChI=1S/C23H20ClN7O/c1-3-21(32)30-9-7-15(12-30)31-19-6-8-26-23(25)22(19)17(28-31)5-4-14-10-18-20(11-16(14)24)29(2)13-27-18/h3,6,8,10-11,13,15H,1,7,9,12H2,2H3,(H2,25,26)/t15-/m0/s1. The van der Waals surface area contributed by atoms with E-state index in [1.165, 1.54) is 6.08 Å². The highest BCUT2D eigenvalue weighted by molar-refractivity contribution is 6.32. The zero-order valence-corrected chi connectivity index (χ0v) is 18.2. The molecule has 160 valence electrons. The summed E-state index contributed by atoms with van der Waals surface area (Å²) in [5, 5.41) is 6.00. The molecule has 0 unspecified atom stereocenters. The number of hydrogen-bond acceptors (Lipinski definition) is 5. The molecule has 1 aromatic carbocycles. The normalized spacial score (nSPS) is 15.8. The summed E-state index contributed by atoms with van der Waals surface area (Å²) < 4.78 is 3.80. The van der Waals surface area contributed by atoms with E-state index in [0.717, 1.165) is 23.0 Å². The van der Waals surface area contributed by atoms with Crippen LogP contribution in [0, 0.1) is 11.8 Å². The largest absolute Gasteiger partial charge is 0.383 e. The zero-order valence-electron chi connectivity index (χ0n) is 17.4. The molecule has 0 radical (unpaired) electrons. The van der Waals surface area contributed by atoms with Gasteiger partial charge in [0, 0.05) is 31.9 Å². The van der Waals surface area contributed by atoms with Gasteiger partial charge in [-0.05, 0) is 36.6 Å². The minimum Gasteiger partial charge on any atom is -0.383 e. The van der Waals surface area contributed by atoms with E-state index in [1.807, 2.05) is 34.5 Å². The van der Waals surface area contributed by atoms with Gasteiger partial charge in [-0.2, -0.15) is 5.10 Å². The van der Waals surface area contributed by atoms with Crippen molar-refractivity contribution in [2.75, 3.05) is 18.8 Å². The lowest BCUT2D eigenvalue weighted by atomic mass is 10.1. The molecule has 9 heteroatoms. The number of aromatic nitrogens is 5. The van der Waals surface area contributed by atoms with Gasteiger partial charge in [0.15, 0.2) is 0 Å². The predicted octanol–water partition coefficient (Wildman–Crippen LogP) is 2.91. The highest BCUT2D eigenvalue weighted by Crippen LogP contribution is 2.30. The van der Waals surface area contributed by atoms with E-state index in [4.69, 9.17) is 22.4 Å². The van der Waals surface area contributed by atoms with Crippen molar-refractivity contribution < 1.29 is 4.79 Å². The number of halogens is 1. The number of carbonyl (C=O) groups excluding carboxylic acids is 1. The lowest BCUT2D eigenvalue weighted by molar-refractivity contribution is -0.125. The van der Waals surface area contributed by atoms with Crippen molar-refractivity contribution in [2.24, 2.45) is 7.05 Å². The molecule has 1 aliphatic rings. The number of imidazole rings is 1. The van der Waals surface area contributed by atoms with Crippen LogP contribution >= 0.6 is 11.6 Å². The van der Waals surface area contributed by atoms with Gasteiger partial charge in [-0.1, -0.05) is 24.1 Å². The summed E-state index contributed by atoms with van der Waals surface area (Å²) in [4.78, 5) is 22.4. The zero-order chi connectivity index (χ0) is 22.4. The fourth-order valence-corrected chi connectivity index (χ4v) is 4.32. The second kappa shape index (κ2) is 7.70. The first kappa shape index (κ1) is 20.1. The number of likely N-dealkylation sites (tertiary alicyclic amines) is 1. The van der Waals surface area contributed by atoms with Gasteiger partial charge >= 0.3 is 0 Å². The molecule has 0 saturated carbocycles. The topological polar surface area (TPSA) is 94.9 Å².